The minimum atomic E-state index is -0.500. The molecule has 1 rings (SSSR count). The fourth-order valence-electron chi connectivity index (χ4n) is 1.02. The molecular weight excluding hydrogens is 268 g/mol. The van der Waals surface area contributed by atoms with Crippen LogP contribution in [0.15, 0.2) is 4.47 Å². The highest BCUT2D eigenvalue weighted by molar-refractivity contribution is 9.10. The smallest absolute Gasteiger partial charge is 0.351 e. The highest BCUT2D eigenvalue weighted by Gasteiger charge is 2.22. The van der Waals surface area contributed by atoms with Crippen LogP contribution in [-0.4, -0.2) is 18.2 Å². The number of hydrogen-bond donors (Lipinski definition) is 1. The number of methoxy groups -OCH3 is 1. The quantitative estimate of drug-likeness (QED) is 0.846. The highest BCUT2D eigenvalue weighted by atomic mass is 79.9. The summed E-state index contributed by atoms with van der Waals surface area (Å²) in [5.74, 6) is -0.260. The molecule has 0 atom stereocenters. The summed E-state index contributed by atoms with van der Waals surface area (Å²) >= 11 is 4.51. The summed E-state index contributed by atoms with van der Waals surface area (Å²) in [6.45, 7) is 3.99. The summed E-state index contributed by atoms with van der Waals surface area (Å²) in [7, 11) is 1.30. The lowest BCUT2D eigenvalue weighted by molar-refractivity contribution is 0.0603. The highest BCUT2D eigenvalue weighted by Crippen LogP contribution is 2.42. The predicted molar refractivity (Wildman–Crippen MR) is 59.1 cm³/mol. The maximum Gasteiger partial charge on any atom is 0.351 e. The molecule has 3 nitrogen and oxygen atoms in total. The summed E-state index contributed by atoms with van der Waals surface area (Å²) in [6, 6.07) is 0. The third kappa shape index (κ3) is 1.93. The summed E-state index contributed by atoms with van der Waals surface area (Å²) < 4.78 is 5.15. The van der Waals surface area contributed by atoms with E-state index in [1.165, 1.54) is 18.4 Å². The van der Waals surface area contributed by atoms with Gasteiger partial charge in [0.2, 0.25) is 0 Å². The Balaban J connectivity index is 3.21. The van der Waals surface area contributed by atoms with Crippen molar-refractivity contribution in [1.82, 2.24) is 0 Å². The normalized spacial score (nSPS) is 10.6. The maximum atomic E-state index is 11.2. The van der Waals surface area contributed by atoms with Gasteiger partial charge in [0.15, 0.2) is 10.6 Å². The molecule has 0 saturated heterocycles. The third-order valence-electron chi connectivity index (χ3n) is 1.75. The topological polar surface area (TPSA) is 46.5 Å². The lowest BCUT2D eigenvalue weighted by Crippen LogP contribution is -1.97. The van der Waals surface area contributed by atoms with Crippen molar-refractivity contribution in [3.05, 3.63) is 14.2 Å². The summed E-state index contributed by atoms with van der Waals surface area (Å²) in [5, 5.41) is 9.63. The Labute approximate surface area is 94.8 Å². The van der Waals surface area contributed by atoms with Crippen LogP contribution in [0.2, 0.25) is 0 Å². The van der Waals surface area contributed by atoms with E-state index in [1.54, 1.807) is 0 Å². The number of carbonyl (C=O) groups is 1. The van der Waals surface area contributed by atoms with Gasteiger partial charge in [-0.15, -0.1) is 11.3 Å². The number of carbonyl (C=O) groups excluding carboxylic acids is 1. The van der Waals surface area contributed by atoms with Gasteiger partial charge in [-0.3, -0.25) is 0 Å². The Morgan fingerprint density at radius 3 is 2.50 bits per heavy atom. The molecule has 1 N–H and O–H groups in total. The van der Waals surface area contributed by atoms with E-state index in [-0.39, 0.29) is 16.5 Å². The van der Waals surface area contributed by atoms with Crippen LogP contribution in [0.4, 0.5) is 0 Å². The first-order valence-corrected chi connectivity index (χ1v) is 5.69. The van der Waals surface area contributed by atoms with E-state index in [0.29, 0.717) is 4.47 Å². The molecule has 5 heteroatoms. The molecule has 1 aromatic heterocycles. The minimum Gasteiger partial charge on any atom is -0.505 e. The molecule has 0 bridgehead atoms. The Morgan fingerprint density at radius 1 is 1.57 bits per heavy atom. The van der Waals surface area contributed by atoms with Crippen LogP contribution in [0.25, 0.3) is 0 Å². The number of thiophene rings is 1. The van der Waals surface area contributed by atoms with E-state index < -0.39 is 5.97 Å². The van der Waals surface area contributed by atoms with E-state index in [1.807, 2.05) is 13.8 Å². The summed E-state index contributed by atoms with van der Waals surface area (Å²) in [6.07, 6.45) is 0. The number of rotatable bonds is 2. The van der Waals surface area contributed by atoms with Gasteiger partial charge in [0.1, 0.15) is 0 Å². The monoisotopic (exact) mass is 278 g/mol. The van der Waals surface area contributed by atoms with Crippen LogP contribution in [-0.2, 0) is 4.74 Å². The molecule has 0 unspecified atom stereocenters. The molecule has 78 valence electrons. The van der Waals surface area contributed by atoms with Crippen LogP contribution in [0.3, 0.4) is 0 Å². The molecule has 0 aliphatic rings. The van der Waals surface area contributed by atoms with Crippen molar-refractivity contribution in [2.45, 2.75) is 19.8 Å². The van der Waals surface area contributed by atoms with Gasteiger partial charge in [-0.05, 0) is 21.8 Å². The molecule has 0 radical (unpaired) electrons. The lowest BCUT2D eigenvalue weighted by atomic mass is 10.2. The minimum absolute atomic E-state index is 0.0226. The molecule has 0 aliphatic heterocycles. The zero-order valence-corrected chi connectivity index (χ0v) is 10.5. The standard InChI is InChI=1S/C9H11BrO3S/c1-4(2)7-5(10)6(11)8(14-7)9(12)13-3/h4,11H,1-3H3. The molecule has 1 aromatic rings. The number of hydrogen-bond acceptors (Lipinski definition) is 4. The van der Waals surface area contributed by atoms with Gasteiger partial charge >= 0.3 is 5.97 Å². The second kappa shape index (κ2) is 4.31. The van der Waals surface area contributed by atoms with Crippen molar-refractivity contribution >= 4 is 33.2 Å². The zero-order chi connectivity index (χ0) is 10.9. The van der Waals surface area contributed by atoms with Crippen LogP contribution in [0.5, 0.6) is 5.75 Å². The van der Waals surface area contributed by atoms with Gasteiger partial charge in [-0.1, -0.05) is 13.8 Å². The molecule has 0 aliphatic carbocycles. The van der Waals surface area contributed by atoms with Gasteiger partial charge in [0, 0.05) is 4.88 Å². The zero-order valence-electron chi connectivity index (χ0n) is 8.13. The average molecular weight is 279 g/mol. The van der Waals surface area contributed by atoms with Crippen molar-refractivity contribution in [2.75, 3.05) is 7.11 Å². The van der Waals surface area contributed by atoms with E-state index in [2.05, 4.69) is 20.7 Å². The van der Waals surface area contributed by atoms with E-state index >= 15 is 0 Å². The van der Waals surface area contributed by atoms with Crippen molar-refractivity contribution in [2.24, 2.45) is 0 Å². The van der Waals surface area contributed by atoms with E-state index in [4.69, 9.17) is 0 Å². The van der Waals surface area contributed by atoms with Gasteiger partial charge < -0.3 is 9.84 Å². The molecule has 0 amide bonds. The lowest BCUT2D eigenvalue weighted by Gasteiger charge is -1.99. The van der Waals surface area contributed by atoms with Crippen molar-refractivity contribution in [3.8, 4) is 5.75 Å². The molecular formula is C9H11BrO3S. The molecule has 14 heavy (non-hydrogen) atoms. The van der Waals surface area contributed by atoms with Crippen LogP contribution < -0.4 is 0 Å². The van der Waals surface area contributed by atoms with Crippen molar-refractivity contribution in [1.29, 1.82) is 0 Å². The molecule has 1 heterocycles. The van der Waals surface area contributed by atoms with Crippen LogP contribution in [0, 0.1) is 0 Å². The predicted octanol–water partition coefficient (Wildman–Crippen LogP) is 3.13. The van der Waals surface area contributed by atoms with Crippen LogP contribution >= 0.6 is 27.3 Å². The van der Waals surface area contributed by atoms with E-state index in [9.17, 15) is 9.90 Å². The number of ether oxygens (including phenoxy) is 1. The second-order valence-electron chi connectivity index (χ2n) is 3.10. The largest absolute Gasteiger partial charge is 0.505 e. The van der Waals surface area contributed by atoms with Crippen molar-refractivity contribution < 1.29 is 14.6 Å². The molecule has 0 aromatic carbocycles. The molecule has 0 fully saturated rings. The van der Waals surface area contributed by atoms with Crippen LogP contribution in [0.1, 0.15) is 34.3 Å². The Kier molecular flexibility index (Phi) is 3.55. The first kappa shape index (κ1) is 11.5. The van der Waals surface area contributed by atoms with E-state index in [0.717, 1.165) is 4.88 Å². The molecule has 0 spiro atoms. The number of esters is 1. The Morgan fingerprint density at radius 2 is 2.14 bits per heavy atom. The Hall–Kier alpha value is -0.550. The second-order valence-corrected chi connectivity index (χ2v) is 4.95. The van der Waals surface area contributed by atoms with Crippen molar-refractivity contribution in [3.63, 3.8) is 0 Å². The third-order valence-corrected chi connectivity index (χ3v) is 4.27. The number of aromatic hydroxyl groups is 1. The van der Waals surface area contributed by atoms with Gasteiger partial charge in [0.25, 0.3) is 0 Å². The average Bonchev–Trinajstić information content (AvgIpc) is 2.43. The summed E-state index contributed by atoms with van der Waals surface area (Å²) in [5.41, 5.74) is 0. The molecule has 0 saturated carbocycles. The first-order chi connectivity index (χ1) is 6.49. The van der Waals surface area contributed by atoms with Gasteiger partial charge in [-0.2, -0.15) is 0 Å². The Bertz CT molecular complexity index is 357. The SMILES string of the molecule is COC(=O)c1sc(C(C)C)c(Br)c1O. The first-order valence-electron chi connectivity index (χ1n) is 4.08. The summed E-state index contributed by atoms with van der Waals surface area (Å²) in [4.78, 5) is 12.4. The van der Waals surface area contributed by atoms with Gasteiger partial charge in [0.05, 0.1) is 11.6 Å². The van der Waals surface area contributed by atoms with Gasteiger partial charge in [-0.25, -0.2) is 4.79 Å². The number of halogens is 1. The fourth-order valence-corrected chi connectivity index (χ4v) is 3.06. The maximum absolute atomic E-state index is 11.2. The fraction of sp³-hybridized carbons (Fsp3) is 0.444.